The van der Waals surface area contributed by atoms with Gasteiger partial charge in [0.1, 0.15) is 0 Å². The zero-order valence-electron chi connectivity index (χ0n) is 10.2. The molecule has 0 aliphatic carbocycles. The van der Waals surface area contributed by atoms with Crippen molar-refractivity contribution in [3.05, 3.63) is 28.3 Å². The molecule has 1 aromatic rings. The number of halogens is 1. The van der Waals surface area contributed by atoms with Crippen LogP contribution in [0.25, 0.3) is 0 Å². The van der Waals surface area contributed by atoms with E-state index in [2.05, 4.69) is 5.32 Å². The Bertz CT molecular complexity index is 477. The lowest BCUT2D eigenvalue weighted by Crippen LogP contribution is -2.17. The molecule has 1 aliphatic rings. The van der Waals surface area contributed by atoms with Crippen LogP contribution in [0.5, 0.6) is 0 Å². The Kier molecular flexibility index (Phi) is 2.92. The fourth-order valence-corrected chi connectivity index (χ4v) is 2.28. The summed E-state index contributed by atoms with van der Waals surface area (Å²) in [6.45, 7) is 5.88. The third-order valence-electron chi connectivity index (χ3n) is 2.95. The molecule has 1 heterocycles. The first-order valence-electron chi connectivity index (χ1n) is 5.59. The van der Waals surface area contributed by atoms with Gasteiger partial charge in [-0.25, -0.2) is 0 Å². The maximum Gasteiger partial charge on any atom is 0.228 e. The maximum absolute atomic E-state index is 11.3. The molecule has 1 unspecified atom stereocenters. The van der Waals surface area contributed by atoms with Crippen LogP contribution in [0, 0.1) is 5.41 Å². The lowest BCUT2D eigenvalue weighted by Gasteiger charge is -2.26. The summed E-state index contributed by atoms with van der Waals surface area (Å²) >= 11 is 6.11. The van der Waals surface area contributed by atoms with E-state index < -0.39 is 6.10 Å². The minimum Gasteiger partial charge on any atom is -0.388 e. The lowest BCUT2D eigenvalue weighted by atomic mass is 9.84. The minimum absolute atomic E-state index is 0.0516. The third kappa shape index (κ3) is 2.31. The maximum atomic E-state index is 11.3. The number of hydrogen-bond acceptors (Lipinski definition) is 2. The van der Waals surface area contributed by atoms with E-state index in [1.54, 1.807) is 6.07 Å². The smallest absolute Gasteiger partial charge is 0.228 e. The van der Waals surface area contributed by atoms with E-state index in [-0.39, 0.29) is 11.3 Å². The van der Waals surface area contributed by atoms with Crippen molar-refractivity contribution in [2.24, 2.45) is 5.41 Å². The number of amides is 1. The van der Waals surface area contributed by atoms with Crippen molar-refractivity contribution in [1.29, 1.82) is 0 Å². The van der Waals surface area contributed by atoms with Crippen LogP contribution in [0.1, 0.15) is 38.0 Å². The van der Waals surface area contributed by atoms with Crippen LogP contribution in [0.2, 0.25) is 5.02 Å². The van der Waals surface area contributed by atoms with Crippen molar-refractivity contribution in [1.82, 2.24) is 0 Å². The van der Waals surface area contributed by atoms with E-state index in [4.69, 9.17) is 11.6 Å². The molecule has 3 nitrogen and oxygen atoms in total. The van der Waals surface area contributed by atoms with Gasteiger partial charge >= 0.3 is 0 Å². The Balaban J connectivity index is 2.43. The number of aliphatic hydroxyl groups excluding tert-OH is 1. The van der Waals surface area contributed by atoms with Gasteiger partial charge in [0.15, 0.2) is 0 Å². The van der Waals surface area contributed by atoms with Crippen molar-refractivity contribution >= 4 is 23.2 Å². The Morgan fingerprint density at radius 3 is 2.65 bits per heavy atom. The molecule has 1 aliphatic heterocycles. The number of rotatable bonds is 1. The predicted octanol–water partition coefficient (Wildman–Crippen LogP) is 2.91. The van der Waals surface area contributed by atoms with Crippen LogP contribution in [0.15, 0.2) is 12.1 Å². The predicted molar refractivity (Wildman–Crippen MR) is 68.2 cm³/mol. The summed E-state index contributed by atoms with van der Waals surface area (Å²) in [6, 6.07) is 3.58. The lowest BCUT2D eigenvalue weighted by molar-refractivity contribution is -0.115. The Morgan fingerprint density at radius 1 is 1.41 bits per heavy atom. The van der Waals surface area contributed by atoms with E-state index in [9.17, 15) is 9.90 Å². The molecule has 0 saturated heterocycles. The summed E-state index contributed by atoms with van der Waals surface area (Å²) in [6.07, 6.45) is -0.263. The van der Waals surface area contributed by atoms with Crippen molar-refractivity contribution in [3.8, 4) is 0 Å². The number of carbonyl (C=O) groups excluding carboxylic acids is 1. The molecule has 2 rings (SSSR count). The van der Waals surface area contributed by atoms with Crippen LogP contribution >= 0.6 is 11.6 Å². The van der Waals surface area contributed by atoms with Gasteiger partial charge in [0.2, 0.25) is 5.91 Å². The number of carbonyl (C=O) groups is 1. The molecule has 0 radical (unpaired) electrons. The van der Waals surface area contributed by atoms with Crippen LogP contribution in [0.3, 0.4) is 0 Å². The molecule has 92 valence electrons. The van der Waals surface area contributed by atoms with Crippen LogP contribution < -0.4 is 5.32 Å². The first-order chi connectivity index (χ1) is 7.79. The molecule has 0 bridgehead atoms. The van der Waals surface area contributed by atoms with E-state index in [0.29, 0.717) is 17.1 Å². The van der Waals surface area contributed by atoms with Gasteiger partial charge in [-0.15, -0.1) is 0 Å². The molecular formula is C13H16ClNO2. The van der Waals surface area contributed by atoms with Gasteiger partial charge in [-0.3, -0.25) is 4.79 Å². The average molecular weight is 254 g/mol. The standard InChI is InChI=1S/C13H16ClNO2/c1-13(2,3)12(17)8-4-7-6-10(16)15-11(7)9(14)5-8/h4-5,12,17H,6H2,1-3H3,(H,15,16). The van der Waals surface area contributed by atoms with Gasteiger partial charge < -0.3 is 10.4 Å². The molecule has 2 N–H and O–H groups in total. The Labute approximate surface area is 106 Å². The molecule has 0 aromatic heterocycles. The molecule has 0 saturated carbocycles. The first kappa shape index (κ1) is 12.4. The zero-order chi connectivity index (χ0) is 12.8. The molecule has 1 atom stereocenters. The van der Waals surface area contributed by atoms with E-state index in [1.807, 2.05) is 26.8 Å². The zero-order valence-corrected chi connectivity index (χ0v) is 10.9. The van der Waals surface area contributed by atoms with Crippen molar-refractivity contribution in [2.45, 2.75) is 33.3 Å². The topological polar surface area (TPSA) is 49.3 Å². The van der Waals surface area contributed by atoms with E-state index in [1.165, 1.54) is 0 Å². The molecule has 0 fully saturated rings. The highest BCUT2D eigenvalue weighted by Crippen LogP contribution is 2.38. The fourth-order valence-electron chi connectivity index (χ4n) is 1.98. The summed E-state index contributed by atoms with van der Waals surface area (Å²) < 4.78 is 0. The van der Waals surface area contributed by atoms with Gasteiger partial charge in [-0.05, 0) is 22.6 Å². The van der Waals surface area contributed by atoms with Gasteiger partial charge in [-0.1, -0.05) is 38.4 Å². The van der Waals surface area contributed by atoms with Gasteiger partial charge in [0.25, 0.3) is 0 Å². The number of nitrogens with one attached hydrogen (secondary N) is 1. The normalized spacial score (nSPS) is 16.6. The highest BCUT2D eigenvalue weighted by Gasteiger charge is 2.27. The summed E-state index contributed by atoms with van der Waals surface area (Å²) in [4.78, 5) is 11.3. The van der Waals surface area contributed by atoms with Gasteiger partial charge in [-0.2, -0.15) is 0 Å². The number of benzene rings is 1. The summed E-state index contributed by atoms with van der Waals surface area (Å²) in [5.41, 5.74) is 2.05. The van der Waals surface area contributed by atoms with Crippen molar-refractivity contribution in [3.63, 3.8) is 0 Å². The van der Waals surface area contributed by atoms with Crippen molar-refractivity contribution in [2.75, 3.05) is 5.32 Å². The average Bonchev–Trinajstić information content (AvgIpc) is 2.56. The minimum atomic E-state index is -0.596. The largest absolute Gasteiger partial charge is 0.388 e. The molecule has 17 heavy (non-hydrogen) atoms. The third-order valence-corrected chi connectivity index (χ3v) is 3.24. The summed E-state index contributed by atoms with van der Waals surface area (Å²) in [7, 11) is 0. The number of fused-ring (bicyclic) bond motifs is 1. The Morgan fingerprint density at radius 2 is 2.06 bits per heavy atom. The molecule has 1 amide bonds. The highest BCUT2D eigenvalue weighted by atomic mass is 35.5. The number of aliphatic hydroxyl groups is 1. The van der Waals surface area contributed by atoms with E-state index >= 15 is 0 Å². The van der Waals surface area contributed by atoms with Crippen LogP contribution in [-0.2, 0) is 11.2 Å². The van der Waals surface area contributed by atoms with Gasteiger partial charge in [0, 0.05) is 0 Å². The molecular weight excluding hydrogens is 238 g/mol. The van der Waals surface area contributed by atoms with Gasteiger partial charge in [0.05, 0.1) is 23.2 Å². The second kappa shape index (κ2) is 4.00. The van der Waals surface area contributed by atoms with Crippen LogP contribution in [-0.4, -0.2) is 11.0 Å². The summed E-state index contributed by atoms with van der Waals surface area (Å²) in [5, 5.41) is 13.4. The SMILES string of the molecule is CC(C)(C)C(O)c1cc(Cl)c2c(c1)CC(=O)N2. The second-order valence-corrected chi connectivity index (χ2v) is 5.94. The first-order valence-corrected chi connectivity index (χ1v) is 5.97. The molecule has 1 aromatic carbocycles. The monoisotopic (exact) mass is 253 g/mol. The summed E-state index contributed by atoms with van der Waals surface area (Å²) in [5.74, 6) is -0.0516. The Hall–Kier alpha value is -1.06. The molecule has 4 heteroatoms. The number of anilines is 1. The quantitative estimate of drug-likeness (QED) is 0.809. The number of hydrogen-bond donors (Lipinski definition) is 2. The second-order valence-electron chi connectivity index (χ2n) is 5.53. The van der Waals surface area contributed by atoms with Crippen molar-refractivity contribution < 1.29 is 9.90 Å². The van der Waals surface area contributed by atoms with E-state index in [0.717, 1.165) is 11.1 Å². The van der Waals surface area contributed by atoms with Crippen LogP contribution in [0.4, 0.5) is 5.69 Å². The highest BCUT2D eigenvalue weighted by molar-refractivity contribution is 6.34. The fraction of sp³-hybridized carbons (Fsp3) is 0.462. The molecule has 0 spiro atoms.